The van der Waals surface area contributed by atoms with Gasteiger partial charge in [0.05, 0.1) is 6.72 Å². The van der Waals surface area contributed by atoms with Crippen molar-refractivity contribution in [3.8, 4) is 11.1 Å². The molecular formula is C25H19NS. The Kier molecular flexibility index (Phi) is 3.73. The summed E-state index contributed by atoms with van der Waals surface area (Å²) in [5, 5.41) is 2.64. The highest BCUT2D eigenvalue weighted by molar-refractivity contribution is 7.26. The normalized spacial score (nSPS) is 13.8. The quantitative estimate of drug-likeness (QED) is 0.211. The van der Waals surface area contributed by atoms with E-state index in [1.165, 1.54) is 42.4 Å². The summed E-state index contributed by atoms with van der Waals surface area (Å²) in [7, 11) is 0. The predicted octanol–water partition coefficient (Wildman–Crippen LogP) is 6.71. The van der Waals surface area contributed by atoms with Gasteiger partial charge in [-0.05, 0) is 11.5 Å². The topological polar surface area (TPSA) is 3.01 Å². The van der Waals surface area contributed by atoms with E-state index in [0.717, 1.165) is 6.04 Å². The van der Waals surface area contributed by atoms with Crippen LogP contribution >= 0.6 is 11.3 Å². The number of benzene rings is 3. The Hall–Kier alpha value is -3.10. The standard InChI is InChI=1S/C25H19NS/c1-17-11-13-21-20-14-12-19(18-8-4-3-5-9-18)16-23(20)27-25(21)24(17)22-10-6-7-15-26(22)2/h3-16H,2H2,1H3. The van der Waals surface area contributed by atoms with Crippen LogP contribution in [0, 0.1) is 13.0 Å². The first-order chi connectivity index (χ1) is 13.2. The van der Waals surface area contributed by atoms with Gasteiger partial charge >= 0.3 is 0 Å². The van der Waals surface area contributed by atoms with Crippen molar-refractivity contribution in [1.29, 1.82) is 0 Å². The molecule has 1 aromatic heterocycles. The molecule has 0 saturated heterocycles. The minimum Gasteiger partial charge on any atom is -0.255 e. The van der Waals surface area contributed by atoms with Crippen LogP contribution in [0.4, 0.5) is 0 Å². The zero-order chi connectivity index (χ0) is 18.4. The van der Waals surface area contributed by atoms with Crippen LogP contribution in [0.5, 0.6) is 0 Å². The lowest BCUT2D eigenvalue weighted by molar-refractivity contribution is -0.417. The maximum Gasteiger partial charge on any atom is 0.159 e. The number of nitrogens with zero attached hydrogens (tertiary/aromatic N) is 1. The molecule has 0 aliphatic carbocycles. The molecule has 2 heteroatoms. The van der Waals surface area contributed by atoms with E-state index in [-0.39, 0.29) is 0 Å². The lowest BCUT2D eigenvalue weighted by Gasteiger charge is -2.18. The molecule has 27 heavy (non-hydrogen) atoms. The Morgan fingerprint density at radius 3 is 2.59 bits per heavy atom. The molecule has 0 unspecified atom stereocenters. The number of thiophene rings is 1. The molecule has 0 spiro atoms. The van der Waals surface area contributed by atoms with Gasteiger partial charge in [-0.25, -0.2) is 0 Å². The molecule has 1 nitrogen and oxygen atoms in total. The van der Waals surface area contributed by atoms with Gasteiger partial charge in [-0.1, -0.05) is 83.6 Å². The summed E-state index contributed by atoms with van der Waals surface area (Å²) in [6, 6.07) is 23.0. The third-order valence-corrected chi connectivity index (χ3v) is 6.34. The molecule has 0 atom stereocenters. The van der Waals surface area contributed by atoms with Gasteiger partial charge in [0.2, 0.25) is 0 Å². The zero-order valence-corrected chi connectivity index (χ0v) is 16.0. The summed E-state index contributed by atoms with van der Waals surface area (Å²) >= 11 is 1.87. The van der Waals surface area contributed by atoms with Gasteiger partial charge < -0.3 is 0 Å². The third kappa shape index (κ3) is 2.61. The maximum absolute atomic E-state index is 4.17. The van der Waals surface area contributed by atoms with Crippen molar-refractivity contribution in [2.24, 2.45) is 0 Å². The Morgan fingerprint density at radius 2 is 1.78 bits per heavy atom. The van der Waals surface area contributed by atoms with E-state index in [4.69, 9.17) is 0 Å². The molecular weight excluding hydrogens is 346 g/mol. The fourth-order valence-electron chi connectivity index (χ4n) is 3.77. The fourth-order valence-corrected chi connectivity index (χ4v) is 5.12. The first-order valence-electron chi connectivity index (χ1n) is 9.05. The molecule has 5 rings (SSSR count). The first kappa shape index (κ1) is 16.1. The Morgan fingerprint density at radius 1 is 0.926 bits per heavy atom. The number of fused-ring (bicyclic) bond motifs is 3. The van der Waals surface area contributed by atoms with Crippen molar-refractivity contribution in [3.63, 3.8) is 0 Å². The van der Waals surface area contributed by atoms with E-state index < -0.39 is 0 Å². The van der Waals surface area contributed by atoms with Gasteiger partial charge in [0.25, 0.3) is 0 Å². The third-order valence-electron chi connectivity index (χ3n) is 5.15. The van der Waals surface area contributed by atoms with Crippen molar-refractivity contribution in [3.05, 3.63) is 102 Å². The average molecular weight is 366 g/mol. The number of hydrogen-bond donors (Lipinski definition) is 0. The van der Waals surface area contributed by atoms with Gasteiger partial charge in [-0.3, -0.25) is 4.58 Å². The minimum atomic E-state index is 1.15. The van der Waals surface area contributed by atoms with E-state index in [1.54, 1.807) is 0 Å². The summed E-state index contributed by atoms with van der Waals surface area (Å²) in [4.78, 5) is 0. The Balaban J connectivity index is 1.75. The second kappa shape index (κ2) is 6.26. The van der Waals surface area contributed by atoms with Crippen LogP contribution in [0.25, 0.3) is 31.3 Å². The van der Waals surface area contributed by atoms with Gasteiger partial charge in [-0.2, -0.15) is 0 Å². The van der Waals surface area contributed by atoms with Gasteiger partial charge in [0.1, 0.15) is 17.5 Å². The molecule has 1 aliphatic heterocycles. The summed E-state index contributed by atoms with van der Waals surface area (Å²) in [5.41, 5.74) is 5.08. The molecule has 0 fully saturated rings. The summed E-state index contributed by atoms with van der Waals surface area (Å²) in [5.74, 6) is 0. The van der Waals surface area contributed by atoms with Crippen molar-refractivity contribution >= 4 is 38.2 Å². The molecule has 1 aliphatic rings. The SMILES string of the molecule is C=[N+]1C=CC=C[C-]1c1c(C)ccc2c1[s+][c-]1cc(-c3ccccc3)ccc21. The molecule has 4 aromatic rings. The molecule has 0 radical (unpaired) electrons. The molecule has 0 bridgehead atoms. The van der Waals surface area contributed by atoms with Crippen LogP contribution in [0.15, 0.2) is 85.1 Å². The molecule has 0 saturated carbocycles. The highest BCUT2D eigenvalue weighted by Crippen LogP contribution is 2.41. The largest absolute Gasteiger partial charge is 0.255 e. The van der Waals surface area contributed by atoms with E-state index in [0.29, 0.717) is 0 Å². The highest BCUT2D eigenvalue weighted by atomic mass is 32.1. The lowest BCUT2D eigenvalue weighted by atomic mass is 9.96. The number of allylic oxidation sites excluding steroid dienone is 2. The Labute approximate surface area is 163 Å². The summed E-state index contributed by atoms with van der Waals surface area (Å²) < 4.78 is 4.62. The Bertz CT molecular complexity index is 1240. The van der Waals surface area contributed by atoms with Crippen molar-refractivity contribution in [1.82, 2.24) is 0 Å². The van der Waals surface area contributed by atoms with E-state index in [9.17, 15) is 0 Å². The number of aryl methyl sites for hydroxylation is 1. The second-order valence-electron chi connectivity index (χ2n) is 6.87. The van der Waals surface area contributed by atoms with Crippen LogP contribution in [-0.4, -0.2) is 11.3 Å². The molecule has 0 N–H and O–H groups in total. The van der Waals surface area contributed by atoms with Crippen LogP contribution in [0.2, 0.25) is 0 Å². The molecule has 0 amide bonds. The molecule has 2 heterocycles. The van der Waals surface area contributed by atoms with E-state index in [2.05, 4.69) is 86.5 Å². The van der Waals surface area contributed by atoms with Crippen LogP contribution in [0.1, 0.15) is 11.1 Å². The van der Waals surface area contributed by atoms with Gasteiger partial charge in [0.15, 0.2) is 15.4 Å². The first-order valence-corrected chi connectivity index (χ1v) is 9.87. The zero-order valence-electron chi connectivity index (χ0n) is 15.1. The number of rotatable bonds is 2. The lowest BCUT2D eigenvalue weighted by Crippen LogP contribution is -2.14. The van der Waals surface area contributed by atoms with Gasteiger partial charge in [0, 0.05) is 5.56 Å². The van der Waals surface area contributed by atoms with E-state index in [1.807, 2.05) is 28.2 Å². The van der Waals surface area contributed by atoms with Crippen molar-refractivity contribution in [2.75, 3.05) is 0 Å². The summed E-state index contributed by atoms with van der Waals surface area (Å²) in [6.45, 7) is 6.36. The highest BCUT2D eigenvalue weighted by Gasteiger charge is 2.23. The van der Waals surface area contributed by atoms with Crippen LogP contribution < -0.4 is 0 Å². The van der Waals surface area contributed by atoms with Gasteiger partial charge in [-0.15, -0.1) is 18.2 Å². The van der Waals surface area contributed by atoms with Crippen LogP contribution in [-0.2, 0) is 0 Å². The van der Waals surface area contributed by atoms with Crippen molar-refractivity contribution < 1.29 is 4.58 Å². The average Bonchev–Trinajstić information content (AvgIpc) is 3.07. The predicted molar refractivity (Wildman–Crippen MR) is 118 cm³/mol. The summed E-state index contributed by atoms with van der Waals surface area (Å²) in [6.07, 6.45) is 8.25. The smallest absolute Gasteiger partial charge is 0.159 e. The fraction of sp³-hybridized carbons (Fsp3) is 0.0400. The minimum absolute atomic E-state index is 1.15. The number of hydrogen-bond acceptors (Lipinski definition) is 0. The maximum atomic E-state index is 4.17. The van der Waals surface area contributed by atoms with Crippen LogP contribution in [0.3, 0.4) is 0 Å². The molecule has 130 valence electrons. The van der Waals surface area contributed by atoms with Crippen molar-refractivity contribution in [2.45, 2.75) is 6.92 Å². The second-order valence-corrected chi connectivity index (χ2v) is 7.92. The monoisotopic (exact) mass is 365 g/mol. The van der Waals surface area contributed by atoms with E-state index >= 15 is 0 Å². The molecule has 3 aromatic carbocycles.